The lowest BCUT2D eigenvalue weighted by atomic mass is 10.1. The first-order chi connectivity index (χ1) is 9.74. The molecule has 0 amide bonds. The number of hydrogen-bond acceptors (Lipinski definition) is 3. The normalized spacial score (nSPS) is 20.6. The maximum absolute atomic E-state index is 5.95. The summed E-state index contributed by atoms with van der Waals surface area (Å²) in [6.07, 6.45) is 8.86. The summed E-state index contributed by atoms with van der Waals surface area (Å²) in [5.41, 5.74) is 8.32. The van der Waals surface area contributed by atoms with E-state index in [2.05, 4.69) is 21.8 Å². The van der Waals surface area contributed by atoms with Gasteiger partial charge in [-0.1, -0.05) is 0 Å². The molecule has 108 valence electrons. The third kappa shape index (κ3) is 2.86. The van der Waals surface area contributed by atoms with Crippen LogP contribution in [0.3, 0.4) is 0 Å². The summed E-state index contributed by atoms with van der Waals surface area (Å²) in [6, 6.07) is 4.31. The van der Waals surface area contributed by atoms with Gasteiger partial charge in [0.25, 0.3) is 0 Å². The summed E-state index contributed by atoms with van der Waals surface area (Å²) < 4.78 is 7.96. The van der Waals surface area contributed by atoms with E-state index < -0.39 is 0 Å². The molecule has 2 N–H and O–H groups in total. The van der Waals surface area contributed by atoms with Crippen LogP contribution in [0.25, 0.3) is 11.0 Å². The Kier molecular flexibility index (Phi) is 4.03. The smallest absolute Gasteiger partial charge is 0.140 e. The predicted molar refractivity (Wildman–Crippen MR) is 80.7 cm³/mol. The molecule has 2 aromatic heterocycles. The molecule has 2 atom stereocenters. The Morgan fingerprint density at radius 1 is 1.55 bits per heavy atom. The van der Waals surface area contributed by atoms with Crippen LogP contribution < -0.4 is 5.73 Å². The van der Waals surface area contributed by atoms with Crippen molar-refractivity contribution in [2.45, 2.75) is 51.3 Å². The zero-order chi connectivity index (χ0) is 13.9. The molecule has 4 heteroatoms. The number of nitrogens with two attached hydrogens (primary N) is 1. The fourth-order valence-electron chi connectivity index (χ4n) is 3.03. The molecule has 0 saturated carbocycles. The molecule has 20 heavy (non-hydrogen) atoms. The van der Waals surface area contributed by atoms with Crippen molar-refractivity contribution in [3.05, 3.63) is 30.1 Å². The van der Waals surface area contributed by atoms with E-state index in [4.69, 9.17) is 10.5 Å². The summed E-state index contributed by atoms with van der Waals surface area (Å²) >= 11 is 0. The van der Waals surface area contributed by atoms with Gasteiger partial charge in [-0.25, -0.2) is 4.98 Å². The minimum atomic E-state index is 0.174. The zero-order valence-corrected chi connectivity index (χ0v) is 12.1. The van der Waals surface area contributed by atoms with Crippen LogP contribution >= 0.6 is 0 Å². The third-order valence-corrected chi connectivity index (χ3v) is 3.97. The van der Waals surface area contributed by atoms with Crippen LogP contribution in [0.5, 0.6) is 0 Å². The average Bonchev–Trinajstić information content (AvgIpc) is 3.05. The van der Waals surface area contributed by atoms with Gasteiger partial charge in [-0.15, -0.1) is 0 Å². The minimum absolute atomic E-state index is 0.174. The molecule has 0 radical (unpaired) electrons. The van der Waals surface area contributed by atoms with E-state index in [9.17, 15) is 0 Å². The van der Waals surface area contributed by atoms with Crippen LogP contribution in [0, 0.1) is 0 Å². The summed E-state index contributed by atoms with van der Waals surface area (Å²) in [7, 11) is 0. The number of pyridine rings is 1. The van der Waals surface area contributed by atoms with Crippen molar-refractivity contribution in [1.29, 1.82) is 0 Å². The molecule has 2 unspecified atom stereocenters. The van der Waals surface area contributed by atoms with Crippen LogP contribution in [0.2, 0.25) is 0 Å². The number of ether oxygens (including phenoxy) is 1. The standard InChI is InChI=1S/C16H23N3O/c1-12(17)10-13-11-19(8-6-14-4-3-9-20-14)16-15(13)5-2-7-18-16/h2,5,7,11-12,14H,3-4,6,8-10,17H2,1H3. The summed E-state index contributed by atoms with van der Waals surface area (Å²) in [5.74, 6) is 0. The van der Waals surface area contributed by atoms with Gasteiger partial charge in [-0.3, -0.25) is 0 Å². The second-order valence-corrected chi connectivity index (χ2v) is 5.83. The SMILES string of the molecule is CC(N)Cc1cn(CCC2CCCO2)c2ncccc12. The van der Waals surface area contributed by atoms with Crippen LogP contribution in [-0.4, -0.2) is 28.3 Å². The highest BCUT2D eigenvalue weighted by molar-refractivity contribution is 5.80. The quantitative estimate of drug-likeness (QED) is 0.910. The molecule has 0 bridgehead atoms. The molecule has 3 rings (SSSR count). The summed E-state index contributed by atoms with van der Waals surface area (Å²) in [6.45, 7) is 3.94. The van der Waals surface area contributed by atoms with Gasteiger partial charge in [0.2, 0.25) is 0 Å². The molecule has 3 heterocycles. The summed E-state index contributed by atoms with van der Waals surface area (Å²) in [4.78, 5) is 4.54. The molecule has 1 saturated heterocycles. The second kappa shape index (κ2) is 5.94. The van der Waals surface area contributed by atoms with Gasteiger partial charge in [-0.05, 0) is 50.3 Å². The lowest BCUT2D eigenvalue weighted by molar-refractivity contribution is 0.101. The predicted octanol–water partition coefficient (Wildman–Crippen LogP) is 2.50. The van der Waals surface area contributed by atoms with E-state index >= 15 is 0 Å². The molecule has 0 aliphatic carbocycles. The van der Waals surface area contributed by atoms with Gasteiger partial charge in [0.05, 0.1) is 6.10 Å². The van der Waals surface area contributed by atoms with Gasteiger partial charge in [-0.2, -0.15) is 0 Å². The number of fused-ring (bicyclic) bond motifs is 1. The van der Waals surface area contributed by atoms with Crippen molar-refractivity contribution >= 4 is 11.0 Å². The highest BCUT2D eigenvalue weighted by Crippen LogP contribution is 2.22. The van der Waals surface area contributed by atoms with Crippen LogP contribution in [0.4, 0.5) is 0 Å². The Labute approximate surface area is 119 Å². The first-order valence-corrected chi connectivity index (χ1v) is 7.54. The van der Waals surface area contributed by atoms with Gasteiger partial charge in [0.1, 0.15) is 5.65 Å². The highest BCUT2D eigenvalue weighted by Gasteiger charge is 2.16. The van der Waals surface area contributed by atoms with Crippen LogP contribution in [0.15, 0.2) is 24.5 Å². The zero-order valence-electron chi connectivity index (χ0n) is 12.1. The molecule has 4 nitrogen and oxygen atoms in total. The number of aryl methyl sites for hydroxylation is 1. The minimum Gasteiger partial charge on any atom is -0.378 e. The van der Waals surface area contributed by atoms with Crippen molar-refractivity contribution in [1.82, 2.24) is 9.55 Å². The fourth-order valence-corrected chi connectivity index (χ4v) is 3.03. The maximum atomic E-state index is 5.95. The Hall–Kier alpha value is -1.39. The lowest BCUT2D eigenvalue weighted by Crippen LogP contribution is -2.17. The Morgan fingerprint density at radius 3 is 3.20 bits per heavy atom. The molecule has 1 aliphatic rings. The number of hydrogen-bond donors (Lipinski definition) is 1. The van der Waals surface area contributed by atoms with Gasteiger partial charge in [0, 0.05) is 37.0 Å². The van der Waals surface area contributed by atoms with Crippen LogP contribution in [0.1, 0.15) is 31.7 Å². The van der Waals surface area contributed by atoms with E-state index in [1.54, 1.807) is 0 Å². The first-order valence-electron chi connectivity index (χ1n) is 7.54. The lowest BCUT2D eigenvalue weighted by Gasteiger charge is -2.10. The average molecular weight is 273 g/mol. The molecule has 2 aromatic rings. The number of aromatic nitrogens is 2. The van der Waals surface area contributed by atoms with Crippen molar-refractivity contribution in [3.8, 4) is 0 Å². The van der Waals surface area contributed by atoms with E-state index in [1.165, 1.54) is 23.8 Å². The molecule has 0 aromatic carbocycles. The molecular weight excluding hydrogens is 250 g/mol. The van der Waals surface area contributed by atoms with Crippen LogP contribution in [-0.2, 0) is 17.7 Å². The van der Waals surface area contributed by atoms with Crippen molar-refractivity contribution in [2.24, 2.45) is 5.73 Å². The van der Waals surface area contributed by atoms with Gasteiger partial charge >= 0.3 is 0 Å². The Balaban J connectivity index is 1.82. The molecule has 1 fully saturated rings. The topological polar surface area (TPSA) is 53.1 Å². The van der Waals surface area contributed by atoms with E-state index in [0.29, 0.717) is 6.10 Å². The summed E-state index contributed by atoms with van der Waals surface area (Å²) in [5, 5.41) is 1.23. The van der Waals surface area contributed by atoms with E-state index in [-0.39, 0.29) is 6.04 Å². The van der Waals surface area contributed by atoms with Gasteiger partial charge in [0.15, 0.2) is 0 Å². The molecule has 0 spiro atoms. The second-order valence-electron chi connectivity index (χ2n) is 5.83. The van der Waals surface area contributed by atoms with Gasteiger partial charge < -0.3 is 15.0 Å². The Morgan fingerprint density at radius 2 is 2.45 bits per heavy atom. The van der Waals surface area contributed by atoms with Crippen molar-refractivity contribution < 1.29 is 4.74 Å². The van der Waals surface area contributed by atoms with E-state index in [0.717, 1.165) is 31.6 Å². The Bertz CT molecular complexity index is 570. The van der Waals surface area contributed by atoms with Crippen molar-refractivity contribution in [3.63, 3.8) is 0 Å². The number of rotatable bonds is 5. The fraction of sp³-hybridized carbons (Fsp3) is 0.562. The molecule has 1 aliphatic heterocycles. The van der Waals surface area contributed by atoms with Crippen molar-refractivity contribution in [2.75, 3.05) is 6.61 Å². The number of nitrogens with zero attached hydrogens (tertiary/aromatic N) is 2. The maximum Gasteiger partial charge on any atom is 0.140 e. The van der Waals surface area contributed by atoms with E-state index in [1.807, 2.05) is 19.2 Å². The highest BCUT2D eigenvalue weighted by atomic mass is 16.5. The largest absolute Gasteiger partial charge is 0.378 e. The molecular formula is C16H23N3O. The monoisotopic (exact) mass is 273 g/mol. The first kappa shape index (κ1) is 13.6. The third-order valence-electron chi connectivity index (χ3n) is 3.97.